The third-order valence-corrected chi connectivity index (χ3v) is 4.41. The van der Waals surface area contributed by atoms with E-state index in [0.29, 0.717) is 12.1 Å². The van der Waals surface area contributed by atoms with Crippen molar-refractivity contribution < 1.29 is 0 Å². The van der Waals surface area contributed by atoms with Gasteiger partial charge in [0.2, 0.25) is 0 Å². The van der Waals surface area contributed by atoms with Gasteiger partial charge in [-0.05, 0) is 38.8 Å². The minimum Gasteiger partial charge on any atom is -0.305 e. The topological polar surface area (TPSA) is 20.5 Å². The molecule has 2 atom stereocenters. The second-order valence-electron chi connectivity index (χ2n) is 5.65. The van der Waals surface area contributed by atoms with Crippen molar-refractivity contribution >= 4 is 17.2 Å². The van der Waals surface area contributed by atoms with Crippen molar-refractivity contribution in [1.82, 2.24) is 14.3 Å². The van der Waals surface area contributed by atoms with E-state index in [-0.39, 0.29) is 0 Å². The van der Waals surface area contributed by atoms with Gasteiger partial charge in [-0.2, -0.15) is 0 Å². The van der Waals surface area contributed by atoms with Gasteiger partial charge in [-0.15, -0.1) is 0 Å². The Bertz CT molecular complexity index is 568. The summed E-state index contributed by atoms with van der Waals surface area (Å²) in [5.41, 5.74) is 2.10. The van der Waals surface area contributed by atoms with Crippen LogP contribution in [0.4, 0.5) is 0 Å². The van der Waals surface area contributed by atoms with E-state index in [2.05, 4.69) is 29.9 Å². The van der Waals surface area contributed by atoms with Gasteiger partial charge in [0, 0.05) is 31.0 Å². The second kappa shape index (κ2) is 5.14. The molecule has 2 aromatic heterocycles. The van der Waals surface area contributed by atoms with Gasteiger partial charge in [0.1, 0.15) is 5.65 Å². The number of aromatic nitrogens is 2. The summed E-state index contributed by atoms with van der Waals surface area (Å²) in [6.07, 6.45) is 7.94. The lowest BCUT2D eigenvalue weighted by Gasteiger charge is -2.38. The van der Waals surface area contributed by atoms with Gasteiger partial charge in [-0.25, -0.2) is 4.98 Å². The smallest absolute Gasteiger partial charge is 0.137 e. The molecule has 4 heteroatoms. The molecule has 3 nitrogen and oxygen atoms in total. The van der Waals surface area contributed by atoms with Crippen molar-refractivity contribution in [3.63, 3.8) is 0 Å². The molecule has 0 aromatic carbocycles. The summed E-state index contributed by atoms with van der Waals surface area (Å²) in [4.78, 5) is 7.24. The maximum atomic E-state index is 6.01. The Hall–Kier alpha value is -1.06. The van der Waals surface area contributed by atoms with Crippen LogP contribution in [0.15, 0.2) is 24.5 Å². The van der Waals surface area contributed by atoms with E-state index in [1.54, 1.807) is 0 Å². The third kappa shape index (κ3) is 2.63. The number of hydrogen-bond donors (Lipinski definition) is 0. The summed E-state index contributed by atoms with van der Waals surface area (Å²) in [5, 5.41) is 0.746. The van der Waals surface area contributed by atoms with Gasteiger partial charge in [-0.3, -0.25) is 4.90 Å². The quantitative estimate of drug-likeness (QED) is 0.833. The lowest BCUT2D eigenvalue weighted by atomic mass is 9.97. The number of imidazole rings is 1. The van der Waals surface area contributed by atoms with Crippen molar-refractivity contribution in [1.29, 1.82) is 0 Å². The van der Waals surface area contributed by atoms with Gasteiger partial charge in [0.05, 0.1) is 10.7 Å². The summed E-state index contributed by atoms with van der Waals surface area (Å²) in [6, 6.07) is 5.16. The number of fused-ring (bicyclic) bond motifs is 1. The molecule has 2 aromatic rings. The SMILES string of the molecule is C[C@@H]1CCC[C@@H](C)N1Cc1cn2cc(Cl)ccc2n1. The first-order chi connectivity index (χ1) is 9.13. The molecule has 0 aliphatic carbocycles. The average Bonchev–Trinajstić information content (AvgIpc) is 2.75. The van der Waals surface area contributed by atoms with Crippen molar-refractivity contribution in [3.05, 3.63) is 35.2 Å². The number of halogens is 1. The Morgan fingerprint density at radius 3 is 2.68 bits per heavy atom. The Morgan fingerprint density at radius 1 is 1.21 bits per heavy atom. The van der Waals surface area contributed by atoms with E-state index in [1.165, 1.54) is 19.3 Å². The van der Waals surface area contributed by atoms with Crippen LogP contribution in [-0.4, -0.2) is 26.4 Å². The van der Waals surface area contributed by atoms with Crippen molar-refractivity contribution in [2.75, 3.05) is 0 Å². The third-order valence-electron chi connectivity index (χ3n) is 4.19. The maximum absolute atomic E-state index is 6.01. The number of pyridine rings is 1. The number of nitrogens with zero attached hydrogens (tertiary/aromatic N) is 3. The largest absolute Gasteiger partial charge is 0.305 e. The molecule has 19 heavy (non-hydrogen) atoms. The number of likely N-dealkylation sites (tertiary alicyclic amines) is 1. The molecule has 3 rings (SSSR count). The standard InChI is InChI=1S/C15H20ClN3/c1-11-4-3-5-12(2)19(11)10-14-9-18-8-13(16)6-7-15(18)17-14/h6-9,11-12H,3-5,10H2,1-2H3/t11-,12-/m1/s1. The number of rotatable bonds is 2. The minimum absolute atomic E-state index is 0.650. The molecule has 0 amide bonds. The molecule has 102 valence electrons. The van der Waals surface area contributed by atoms with Crippen LogP contribution in [0.3, 0.4) is 0 Å². The Labute approximate surface area is 119 Å². The zero-order valence-electron chi connectivity index (χ0n) is 11.5. The Kier molecular flexibility index (Phi) is 3.50. The summed E-state index contributed by atoms with van der Waals surface area (Å²) in [6.45, 7) is 5.58. The Balaban J connectivity index is 1.84. The fourth-order valence-corrected chi connectivity index (χ4v) is 3.23. The predicted molar refractivity (Wildman–Crippen MR) is 78.5 cm³/mol. The van der Waals surface area contributed by atoms with Gasteiger partial charge < -0.3 is 4.40 Å². The first kappa shape index (κ1) is 12.9. The first-order valence-electron chi connectivity index (χ1n) is 7.02. The van der Waals surface area contributed by atoms with Crippen LogP contribution in [0.25, 0.3) is 5.65 Å². The van der Waals surface area contributed by atoms with Crippen LogP contribution in [-0.2, 0) is 6.54 Å². The number of hydrogen-bond acceptors (Lipinski definition) is 2. The van der Waals surface area contributed by atoms with Crippen LogP contribution < -0.4 is 0 Å². The minimum atomic E-state index is 0.650. The van der Waals surface area contributed by atoms with Crippen molar-refractivity contribution in [3.8, 4) is 0 Å². The normalized spacial score (nSPS) is 25.0. The molecule has 1 saturated heterocycles. The summed E-state index contributed by atoms with van der Waals surface area (Å²) in [7, 11) is 0. The molecule has 0 bridgehead atoms. The van der Waals surface area contributed by atoms with E-state index >= 15 is 0 Å². The second-order valence-corrected chi connectivity index (χ2v) is 6.08. The van der Waals surface area contributed by atoms with Crippen molar-refractivity contribution in [2.45, 2.75) is 51.7 Å². The molecular weight excluding hydrogens is 258 g/mol. The average molecular weight is 278 g/mol. The highest BCUT2D eigenvalue weighted by Gasteiger charge is 2.25. The van der Waals surface area contributed by atoms with Crippen molar-refractivity contribution in [2.24, 2.45) is 0 Å². The lowest BCUT2D eigenvalue weighted by Crippen LogP contribution is -2.43. The highest BCUT2D eigenvalue weighted by atomic mass is 35.5. The van der Waals surface area contributed by atoms with Gasteiger partial charge in [0.15, 0.2) is 0 Å². The molecule has 1 aliphatic heterocycles. The van der Waals surface area contributed by atoms with Crippen LogP contribution >= 0.6 is 11.6 Å². The molecular formula is C15H20ClN3. The number of piperidine rings is 1. The zero-order valence-corrected chi connectivity index (χ0v) is 12.3. The molecule has 3 heterocycles. The molecule has 0 unspecified atom stereocenters. The molecule has 0 saturated carbocycles. The molecule has 1 aliphatic rings. The van der Waals surface area contributed by atoms with Gasteiger partial charge in [-0.1, -0.05) is 18.0 Å². The zero-order chi connectivity index (χ0) is 13.4. The molecule has 0 radical (unpaired) electrons. The van der Waals surface area contributed by atoms with E-state index < -0.39 is 0 Å². The van der Waals surface area contributed by atoms with E-state index in [0.717, 1.165) is 22.9 Å². The lowest BCUT2D eigenvalue weighted by molar-refractivity contribution is 0.0940. The highest BCUT2D eigenvalue weighted by Crippen LogP contribution is 2.24. The van der Waals surface area contributed by atoms with Crippen LogP contribution in [0, 0.1) is 0 Å². The maximum Gasteiger partial charge on any atom is 0.137 e. The van der Waals surface area contributed by atoms with Crippen LogP contribution in [0.2, 0.25) is 5.02 Å². The van der Waals surface area contributed by atoms with Crippen LogP contribution in [0.1, 0.15) is 38.8 Å². The molecule has 0 spiro atoms. The highest BCUT2D eigenvalue weighted by molar-refractivity contribution is 6.30. The molecule has 0 N–H and O–H groups in total. The summed E-state index contributed by atoms with van der Waals surface area (Å²) in [5.74, 6) is 0. The van der Waals surface area contributed by atoms with Crippen LogP contribution in [0.5, 0.6) is 0 Å². The predicted octanol–water partition coefficient (Wildman–Crippen LogP) is 3.75. The van der Waals surface area contributed by atoms with Gasteiger partial charge in [0.25, 0.3) is 0 Å². The fraction of sp³-hybridized carbons (Fsp3) is 0.533. The fourth-order valence-electron chi connectivity index (χ4n) is 3.07. The summed E-state index contributed by atoms with van der Waals surface area (Å²) >= 11 is 6.01. The first-order valence-corrected chi connectivity index (χ1v) is 7.40. The van der Waals surface area contributed by atoms with E-state index in [9.17, 15) is 0 Å². The molecule has 1 fully saturated rings. The van der Waals surface area contributed by atoms with E-state index in [1.807, 2.05) is 22.7 Å². The monoisotopic (exact) mass is 277 g/mol. The summed E-state index contributed by atoms with van der Waals surface area (Å²) < 4.78 is 2.01. The van der Waals surface area contributed by atoms with Gasteiger partial charge >= 0.3 is 0 Å². The Morgan fingerprint density at radius 2 is 1.95 bits per heavy atom. The van der Waals surface area contributed by atoms with E-state index in [4.69, 9.17) is 11.6 Å².